The van der Waals surface area contributed by atoms with E-state index in [-0.39, 0.29) is 5.82 Å². The Balaban J connectivity index is 1.99. The fourth-order valence-corrected chi connectivity index (χ4v) is 1.27. The predicted molar refractivity (Wildman–Crippen MR) is 53.9 cm³/mol. The summed E-state index contributed by atoms with van der Waals surface area (Å²) >= 11 is 0. The van der Waals surface area contributed by atoms with Gasteiger partial charge in [0.2, 0.25) is 0 Å². The van der Waals surface area contributed by atoms with E-state index in [4.69, 9.17) is 4.74 Å². The second-order valence-corrected chi connectivity index (χ2v) is 3.27. The summed E-state index contributed by atoms with van der Waals surface area (Å²) in [6.45, 7) is 0.351. The van der Waals surface area contributed by atoms with Crippen LogP contribution >= 0.6 is 0 Å². The number of hydrogen-bond donors (Lipinski definition) is 0. The molecule has 2 aromatic rings. The van der Waals surface area contributed by atoms with Crippen molar-refractivity contribution in [2.45, 2.75) is 6.61 Å². The first-order valence-electron chi connectivity index (χ1n) is 4.60. The van der Waals surface area contributed by atoms with Crippen molar-refractivity contribution >= 4 is 0 Å². The zero-order valence-corrected chi connectivity index (χ0v) is 8.35. The molecule has 0 radical (unpaired) electrons. The van der Waals surface area contributed by atoms with Crippen molar-refractivity contribution < 1.29 is 9.13 Å². The van der Waals surface area contributed by atoms with Crippen molar-refractivity contribution in [1.82, 2.24) is 9.78 Å². The summed E-state index contributed by atoms with van der Waals surface area (Å²) in [5.41, 5.74) is 0.804. The smallest absolute Gasteiger partial charge is 0.157 e. The standard InChI is InChI=1S/C11H11FN2O/c1-14-7-11(6-13-14)15-8-9-3-2-4-10(12)5-9/h2-7H,8H2,1H3. The van der Waals surface area contributed by atoms with Crippen LogP contribution in [0, 0.1) is 5.82 Å². The highest BCUT2D eigenvalue weighted by Gasteiger charge is 1.99. The maximum Gasteiger partial charge on any atom is 0.157 e. The summed E-state index contributed by atoms with van der Waals surface area (Å²) < 4.78 is 19.9. The molecule has 1 heterocycles. The van der Waals surface area contributed by atoms with E-state index in [1.54, 1.807) is 23.1 Å². The molecule has 0 atom stereocenters. The van der Waals surface area contributed by atoms with Gasteiger partial charge in [-0.05, 0) is 17.7 Å². The van der Waals surface area contributed by atoms with Crippen LogP contribution in [0.3, 0.4) is 0 Å². The molecule has 0 saturated heterocycles. The molecular formula is C11H11FN2O. The van der Waals surface area contributed by atoms with Gasteiger partial charge in [-0.15, -0.1) is 0 Å². The molecule has 0 aliphatic heterocycles. The molecule has 0 unspecified atom stereocenters. The second-order valence-electron chi connectivity index (χ2n) is 3.27. The number of hydrogen-bond acceptors (Lipinski definition) is 2. The Morgan fingerprint density at radius 2 is 2.33 bits per heavy atom. The number of aryl methyl sites for hydroxylation is 1. The highest BCUT2D eigenvalue weighted by atomic mass is 19.1. The number of aromatic nitrogens is 2. The van der Waals surface area contributed by atoms with Gasteiger partial charge < -0.3 is 4.74 Å². The molecule has 0 aliphatic carbocycles. The van der Waals surface area contributed by atoms with Crippen molar-refractivity contribution in [2.24, 2.45) is 7.05 Å². The molecule has 1 aromatic heterocycles. The Morgan fingerprint density at radius 3 is 3.00 bits per heavy atom. The van der Waals surface area contributed by atoms with Crippen LogP contribution in [0.25, 0.3) is 0 Å². The Hall–Kier alpha value is -1.84. The molecule has 0 spiro atoms. The summed E-state index contributed by atoms with van der Waals surface area (Å²) in [5, 5.41) is 3.96. The van der Waals surface area contributed by atoms with Gasteiger partial charge >= 0.3 is 0 Å². The van der Waals surface area contributed by atoms with Crippen LogP contribution in [0.5, 0.6) is 5.75 Å². The fraction of sp³-hybridized carbons (Fsp3) is 0.182. The largest absolute Gasteiger partial charge is 0.486 e. The van der Waals surface area contributed by atoms with Crippen LogP contribution in [-0.4, -0.2) is 9.78 Å². The van der Waals surface area contributed by atoms with Gasteiger partial charge in [-0.25, -0.2) is 4.39 Å². The van der Waals surface area contributed by atoms with E-state index < -0.39 is 0 Å². The topological polar surface area (TPSA) is 27.1 Å². The third kappa shape index (κ3) is 2.56. The summed E-state index contributed by atoms with van der Waals surface area (Å²) in [5.74, 6) is 0.434. The Morgan fingerprint density at radius 1 is 1.47 bits per heavy atom. The monoisotopic (exact) mass is 206 g/mol. The highest BCUT2D eigenvalue weighted by Crippen LogP contribution is 2.11. The lowest BCUT2D eigenvalue weighted by Crippen LogP contribution is -1.94. The molecule has 0 aliphatic rings. The number of benzene rings is 1. The molecule has 0 N–H and O–H groups in total. The number of ether oxygens (including phenoxy) is 1. The molecule has 15 heavy (non-hydrogen) atoms. The van der Waals surface area contributed by atoms with E-state index in [0.717, 1.165) is 5.56 Å². The van der Waals surface area contributed by atoms with Gasteiger partial charge in [-0.3, -0.25) is 4.68 Å². The number of nitrogens with zero attached hydrogens (tertiary/aromatic N) is 2. The summed E-state index contributed by atoms with van der Waals surface area (Å²) in [6, 6.07) is 6.35. The van der Waals surface area contributed by atoms with E-state index in [0.29, 0.717) is 12.4 Å². The van der Waals surface area contributed by atoms with Gasteiger partial charge in [0.1, 0.15) is 12.4 Å². The zero-order chi connectivity index (χ0) is 10.7. The molecule has 0 amide bonds. The number of rotatable bonds is 3. The third-order valence-corrected chi connectivity index (χ3v) is 1.98. The summed E-state index contributed by atoms with van der Waals surface area (Å²) in [6.07, 6.45) is 3.39. The molecular weight excluding hydrogens is 195 g/mol. The lowest BCUT2D eigenvalue weighted by atomic mass is 10.2. The zero-order valence-electron chi connectivity index (χ0n) is 8.35. The third-order valence-electron chi connectivity index (χ3n) is 1.98. The molecule has 2 rings (SSSR count). The van der Waals surface area contributed by atoms with Gasteiger partial charge in [0.05, 0.1) is 12.4 Å². The van der Waals surface area contributed by atoms with Gasteiger partial charge in [0.25, 0.3) is 0 Å². The summed E-state index contributed by atoms with van der Waals surface area (Å²) in [4.78, 5) is 0. The Labute approximate surface area is 87.1 Å². The van der Waals surface area contributed by atoms with Crippen molar-refractivity contribution in [1.29, 1.82) is 0 Å². The van der Waals surface area contributed by atoms with Gasteiger partial charge in [-0.1, -0.05) is 12.1 Å². The van der Waals surface area contributed by atoms with Crippen molar-refractivity contribution in [3.63, 3.8) is 0 Å². The average Bonchev–Trinajstić information content (AvgIpc) is 2.62. The van der Waals surface area contributed by atoms with E-state index in [2.05, 4.69) is 5.10 Å². The molecule has 0 bridgehead atoms. The first-order chi connectivity index (χ1) is 7.24. The minimum absolute atomic E-state index is 0.248. The van der Waals surface area contributed by atoms with Crippen molar-refractivity contribution in [2.75, 3.05) is 0 Å². The highest BCUT2D eigenvalue weighted by molar-refractivity contribution is 5.17. The molecule has 78 valence electrons. The minimum atomic E-state index is -0.248. The second kappa shape index (κ2) is 4.13. The first kappa shape index (κ1) is 9.71. The van der Waals surface area contributed by atoms with Crippen LogP contribution in [-0.2, 0) is 13.7 Å². The van der Waals surface area contributed by atoms with Crippen molar-refractivity contribution in [3.8, 4) is 5.75 Å². The van der Waals surface area contributed by atoms with Gasteiger partial charge in [-0.2, -0.15) is 5.10 Å². The Bertz CT molecular complexity index is 453. The lowest BCUT2D eigenvalue weighted by Gasteiger charge is -2.02. The summed E-state index contributed by atoms with van der Waals surface area (Å²) in [7, 11) is 1.81. The van der Waals surface area contributed by atoms with Gasteiger partial charge in [0, 0.05) is 7.05 Å². The number of halogens is 1. The Kier molecular flexibility index (Phi) is 2.67. The maximum atomic E-state index is 12.8. The van der Waals surface area contributed by atoms with E-state index >= 15 is 0 Å². The molecule has 4 heteroatoms. The van der Waals surface area contributed by atoms with Crippen LogP contribution in [0.2, 0.25) is 0 Å². The fourth-order valence-electron chi connectivity index (χ4n) is 1.27. The molecule has 3 nitrogen and oxygen atoms in total. The van der Waals surface area contributed by atoms with Crippen LogP contribution < -0.4 is 4.74 Å². The quantitative estimate of drug-likeness (QED) is 0.769. The van der Waals surface area contributed by atoms with E-state index in [1.165, 1.54) is 12.1 Å². The molecule has 0 saturated carbocycles. The van der Waals surface area contributed by atoms with Gasteiger partial charge in [0.15, 0.2) is 5.75 Å². The first-order valence-corrected chi connectivity index (χ1v) is 4.60. The average molecular weight is 206 g/mol. The minimum Gasteiger partial charge on any atom is -0.486 e. The van der Waals surface area contributed by atoms with Crippen LogP contribution in [0.15, 0.2) is 36.7 Å². The van der Waals surface area contributed by atoms with Crippen LogP contribution in [0.4, 0.5) is 4.39 Å². The maximum absolute atomic E-state index is 12.8. The lowest BCUT2D eigenvalue weighted by molar-refractivity contribution is 0.305. The molecule has 1 aromatic carbocycles. The SMILES string of the molecule is Cn1cc(OCc2cccc(F)c2)cn1. The molecule has 0 fully saturated rings. The van der Waals surface area contributed by atoms with E-state index in [1.807, 2.05) is 13.1 Å². The normalized spacial score (nSPS) is 10.3. The van der Waals surface area contributed by atoms with E-state index in [9.17, 15) is 4.39 Å². The van der Waals surface area contributed by atoms with Crippen LogP contribution in [0.1, 0.15) is 5.56 Å². The van der Waals surface area contributed by atoms with Crippen molar-refractivity contribution in [3.05, 3.63) is 48.0 Å². The predicted octanol–water partition coefficient (Wildman–Crippen LogP) is 2.14.